The molecule has 0 aliphatic carbocycles. The van der Waals surface area contributed by atoms with Crippen LogP contribution in [0.4, 0.5) is 10.5 Å². The van der Waals surface area contributed by atoms with E-state index in [0.717, 1.165) is 43.5 Å². The minimum absolute atomic E-state index is 0.0151. The maximum atomic E-state index is 12.6. The molecule has 1 aliphatic heterocycles. The number of rotatable bonds is 16. The van der Waals surface area contributed by atoms with Gasteiger partial charge in [0.15, 0.2) is 5.03 Å². The second kappa shape index (κ2) is 22.9. The number of aromatic nitrogens is 1. The van der Waals surface area contributed by atoms with Gasteiger partial charge in [-0.2, -0.15) is 0 Å². The van der Waals surface area contributed by atoms with Gasteiger partial charge < -0.3 is 35.8 Å². The standard InChI is InChI=1S/C18H24N2O7.C8H9N3O4S2.C6H5NO4/c1-18(2,3)27-17(26)20(12-16(24)25)10-14(21)19(11-15(22)23)9-13-7-5-4-6-8-13;9-5(8(12)13)4-16-17-7-6(11(14)15)2-1-3-10-7;8-4-1-2-5(9)7(4)3-6(10)11/h4-8H,9-12H2,1-3H3,(H,22,23)(H,24,25);1-3,5H,4,9H2,(H,12,13);1-2H,3H2,(H,10,11). The van der Waals surface area contributed by atoms with E-state index in [-0.39, 0.29) is 23.0 Å². The summed E-state index contributed by atoms with van der Waals surface area (Å²) in [4.78, 5) is 105. The highest BCUT2D eigenvalue weighted by Gasteiger charge is 2.29. The Hall–Kier alpha value is -6.07. The van der Waals surface area contributed by atoms with Gasteiger partial charge in [0, 0.05) is 36.7 Å². The molecular formula is C32H38N6O15S2. The largest absolute Gasteiger partial charge is 0.480 e. The minimum atomic E-state index is -1.32. The van der Waals surface area contributed by atoms with Crippen LogP contribution in [0.25, 0.3) is 0 Å². The molecule has 2 aromatic rings. The summed E-state index contributed by atoms with van der Waals surface area (Å²) in [5.41, 5.74) is 5.02. The smallest absolute Gasteiger partial charge is 0.411 e. The molecule has 4 amide bonds. The summed E-state index contributed by atoms with van der Waals surface area (Å²) < 4.78 is 5.12. The first-order valence-corrected chi connectivity index (χ1v) is 17.8. The normalized spacial score (nSPS) is 12.3. The average molecular weight is 811 g/mol. The van der Waals surface area contributed by atoms with Crippen molar-refractivity contribution in [2.75, 3.05) is 31.9 Å². The Labute approximate surface area is 320 Å². The maximum absolute atomic E-state index is 12.6. The predicted octanol–water partition coefficient (Wildman–Crippen LogP) is 1.56. The van der Waals surface area contributed by atoms with Crippen molar-refractivity contribution in [3.8, 4) is 0 Å². The number of carbonyl (C=O) groups is 8. The fraction of sp³-hybridized carbons (Fsp3) is 0.344. The molecule has 0 saturated heterocycles. The zero-order valence-electron chi connectivity index (χ0n) is 29.5. The first kappa shape index (κ1) is 47.0. The number of amides is 4. The van der Waals surface area contributed by atoms with E-state index in [9.17, 15) is 48.5 Å². The van der Waals surface area contributed by atoms with E-state index >= 15 is 0 Å². The lowest BCUT2D eigenvalue weighted by Gasteiger charge is -2.28. The van der Waals surface area contributed by atoms with E-state index < -0.39 is 90.4 Å². The number of aliphatic carboxylic acids is 4. The quantitative estimate of drug-likeness (QED) is 0.0695. The van der Waals surface area contributed by atoms with E-state index in [0.29, 0.717) is 10.5 Å². The molecular weight excluding hydrogens is 773 g/mol. The number of hydrogen-bond acceptors (Lipinski definition) is 15. The molecule has 55 heavy (non-hydrogen) atoms. The third-order valence-corrected chi connectivity index (χ3v) is 8.36. The van der Waals surface area contributed by atoms with Crippen molar-refractivity contribution in [1.29, 1.82) is 0 Å². The highest BCUT2D eigenvalue weighted by Crippen LogP contribution is 2.35. The van der Waals surface area contributed by atoms with E-state index in [4.69, 9.17) is 30.9 Å². The number of carboxylic acids is 4. The molecule has 21 nitrogen and oxygen atoms in total. The van der Waals surface area contributed by atoms with Gasteiger partial charge in [-0.1, -0.05) is 41.1 Å². The third-order valence-electron chi connectivity index (χ3n) is 6.04. The molecule has 0 bridgehead atoms. The summed E-state index contributed by atoms with van der Waals surface area (Å²) in [6.07, 6.45) is 2.57. The highest BCUT2D eigenvalue weighted by atomic mass is 33.1. The van der Waals surface area contributed by atoms with Gasteiger partial charge in [-0.15, -0.1) is 0 Å². The molecule has 6 N–H and O–H groups in total. The lowest BCUT2D eigenvalue weighted by Crippen LogP contribution is -2.47. The van der Waals surface area contributed by atoms with Crippen LogP contribution < -0.4 is 5.73 Å². The molecule has 2 heterocycles. The van der Waals surface area contributed by atoms with Gasteiger partial charge in [-0.05, 0) is 43.2 Å². The van der Waals surface area contributed by atoms with Gasteiger partial charge >= 0.3 is 35.7 Å². The van der Waals surface area contributed by atoms with Crippen LogP contribution in [-0.4, -0.2) is 136 Å². The Morgan fingerprint density at radius 1 is 0.891 bits per heavy atom. The summed E-state index contributed by atoms with van der Waals surface area (Å²) >= 11 is 0. The van der Waals surface area contributed by atoms with Crippen LogP contribution in [0.1, 0.15) is 26.3 Å². The van der Waals surface area contributed by atoms with Gasteiger partial charge in [-0.25, -0.2) is 9.78 Å². The molecule has 1 aromatic carbocycles. The summed E-state index contributed by atoms with van der Waals surface area (Å²) in [6.45, 7) is 2.34. The van der Waals surface area contributed by atoms with Crippen LogP contribution in [-0.2, 0) is 44.8 Å². The Balaban J connectivity index is 0.000000457. The number of carbonyl (C=O) groups excluding carboxylic acids is 4. The second-order valence-corrected chi connectivity index (χ2v) is 14.1. The van der Waals surface area contributed by atoms with Crippen LogP contribution in [0.15, 0.2) is 65.8 Å². The molecule has 23 heteroatoms. The molecule has 0 radical (unpaired) electrons. The number of nitrogens with zero attached hydrogens (tertiary/aromatic N) is 5. The molecule has 0 spiro atoms. The van der Waals surface area contributed by atoms with Crippen LogP contribution >= 0.6 is 21.6 Å². The van der Waals surface area contributed by atoms with Gasteiger partial charge in [0.05, 0.1) is 4.92 Å². The SMILES string of the molecule is CC(C)(C)OC(=O)N(CC(=O)O)CC(=O)N(CC(=O)O)Cc1ccccc1.NC(CSSc1ncccc1[N+](=O)[O-])C(=O)O.O=C(O)CN1C(=O)C=CC1=O. The number of benzene rings is 1. The fourth-order valence-electron chi connectivity index (χ4n) is 3.68. The number of carboxylic acid groups (broad SMARTS) is 4. The summed E-state index contributed by atoms with van der Waals surface area (Å²) in [5, 5.41) is 45.7. The molecule has 0 saturated carbocycles. The van der Waals surface area contributed by atoms with Crippen molar-refractivity contribution in [2.24, 2.45) is 5.73 Å². The second-order valence-electron chi connectivity index (χ2n) is 11.7. The minimum Gasteiger partial charge on any atom is -0.480 e. The first-order chi connectivity index (χ1) is 25.6. The van der Waals surface area contributed by atoms with Crippen LogP contribution in [0.2, 0.25) is 0 Å². The van der Waals surface area contributed by atoms with E-state index in [1.54, 1.807) is 51.1 Å². The van der Waals surface area contributed by atoms with E-state index in [1.165, 1.54) is 18.3 Å². The average Bonchev–Trinajstić information content (AvgIpc) is 3.39. The number of hydrogen-bond donors (Lipinski definition) is 5. The maximum Gasteiger partial charge on any atom is 0.411 e. The van der Waals surface area contributed by atoms with Gasteiger partial charge in [0.1, 0.15) is 37.8 Å². The van der Waals surface area contributed by atoms with Crippen molar-refractivity contribution in [1.82, 2.24) is 19.7 Å². The molecule has 3 rings (SSSR count). The Kier molecular flexibility index (Phi) is 19.5. The highest BCUT2D eigenvalue weighted by molar-refractivity contribution is 8.76. The number of imide groups is 1. The molecule has 298 valence electrons. The summed E-state index contributed by atoms with van der Waals surface area (Å²) in [5.74, 6) is -6.54. The van der Waals surface area contributed by atoms with Crippen LogP contribution in [0.5, 0.6) is 0 Å². The molecule has 1 unspecified atom stereocenters. The monoisotopic (exact) mass is 810 g/mol. The van der Waals surface area contributed by atoms with E-state index in [2.05, 4.69) is 4.98 Å². The van der Waals surface area contributed by atoms with Crippen LogP contribution in [0, 0.1) is 10.1 Å². The van der Waals surface area contributed by atoms with Crippen molar-refractivity contribution in [3.63, 3.8) is 0 Å². The van der Waals surface area contributed by atoms with Crippen LogP contribution in [0.3, 0.4) is 0 Å². The molecule has 1 atom stereocenters. The Bertz CT molecular complexity index is 1740. The number of ether oxygens (including phenoxy) is 1. The molecule has 1 aromatic heterocycles. The Morgan fingerprint density at radius 3 is 1.95 bits per heavy atom. The first-order valence-electron chi connectivity index (χ1n) is 15.5. The predicted molar refractivity (Wildman–Crippen MR) is 193 cm³/mol. The topological polar surface area (TPSA) is 318 Å². The van der Waals surface area contributed by atoms with Gasteiger partial charge in [-0.3, -0.25) is 53.5 Å². The van der Waals surface area contributed by atoms with Crippen molar-refractivity contribution < 1.29 is 68.4 Å². The van der Waals surface area contributed by atoms with Crippen molar-refractivity contribution in [2.45, 2.75) is 44.0 Å². The third kappa shape index (κ3) is 19.0. The van der Waals surface area contributed by atoms with Crippen molar-refractivity contribution in [3.05, 3.63) is 76.5 Å². The summed E-state index contributed by atoms with van der Waals surface area (Å²) in [6, 6.07) is 10.5. The molecule has 0 fully saturated rings. The zero-order valence-corrected chi connectivity index (χ0v) is 31.1. The summed E-state index contributed by atoms with van der Waals surface area (Å²) in [7, 11) is 2.16. The van der Waals surface area contributed by atoms with Crippen molar-refractivity contribution >= 4 is 75.0 Å². The lowest BCUT2D eigenvalue weighted by atomic mass is 10.2. The number of nitro groups is 1. The lowest BCUT2D eigenvalue weighted by molar-refractivity contribution is -0.388. The van der Waals surface area contributed by atoms with Gasteiger partial charge in [0.2, 0.25) is 5.91 Å². The zero-order chi connectivity index (χ0) is 41.9. The van der Waals surface area contributed by atoms with Gasteiger partial charge in [0.25, 0.3) is 11.8 Å². The Morgan fingerprint density at radius 2 is 1.45 bits per heavy atom. The number of pyridine rings is 1. The fourth-order valence-corrected chi connectivity index (χ4v) is 5.84. The number of nitrogens with two attached hydrogens (primary N) is 1. The molecule has 1 aliphatic rings. The van der Waals surface area contributed by atoms with E-state index in [1.807, 2.05) is 0 Å².